The van der Waals surface area contributed by atoms with Gasteiger partial charge in [0.1, 0.15) is 5.75 Å². The molecule has 0 saturated carbocycles. The predicted molar refractivity (Wildman–Crippen MR) is 108 cm³/mol. The van der Waals surface area contributed by atoms with Crippen molar-refractivity contribution < 1.29 is 9.53 Å². The Labute approximate surface area is 160 Å². The maximum absolute atomic E-state index is 12.4. The Morgan fingerprint density at radius 3 is 2.59 bits per heavy atom. The average molecular weight is 360 g/mol. The number of ketones is 1. The summed E-state index contributed by atoms with van der Waals surface area (Å²) >= 11 is 0. The molecule has 3 aromatic rings. The molecule has 0 amide bonds. The Hall–Kier alpha value is -3.14. The van der Waals surface area contributed by atoms with Crippen molar-refractivity contribution in [2.45, 2.75) is 27.3 Å². The van der Waals surface area contributed by atoms with Crippen LogP contribution in [0.1, 0.15) is 38.4 Å². The molecule has 4 heteroatoms. The van der Waals surface area contributed by atoms with Crippen LogP contribution in [0.3, 0.4) is 0 Å². The Morgan fingerprint density at radius 2 is 1.93 bits per heavy atom. The molecule has 1 aromatic heterocycles. The van der Waals surface area contributed by atoms with Crippen LogP contribution in [0.4, 0.5) is 0 Å². The first-order chi connectivity index (χ1) is 13.0. The molecule has 138 valence electrons. The van der Waals surface area contributed by atoms with E-state index >= 15 is 0 Å². The molecule has 0 spiro atoms. The molecule has 0 fully saturated rings. The number of ether oxygens (including phenoxy) is 1. The largest absolute Gasteiger partial charge is 0.496 e. The van der Waals surface area contributed by atoms with Gasteiger partial charge in [-0.3, -0.25) is 9.48 Å². The fraction of sp³-hybridized carbons (Fsp3) is 0.217. The highest BCUT2D eigenvalue weighted by atomic mass is 16.5. The number of carbonyl (C=O) groups is 1. The second-order valence-electron chi connectivity index (χ2n) is 6.72. The van der Waals surface area contributed by atoms with Crippen LogP contribution in [-0.4, -0.2) is 22.7 Å². The van der Waals surface area contributed by atoms with Gasteiger partial charge in [-0.25, -0.2) is 0 Å². The zero-order valence-corrected chi connectivity index (χ0v) is 16.2. The Morgan fingerprint density at radius 1 is 1.11 bits per heavy atom. The van der Waals surface area contributed by atoms with Crippen molar-refractivity contribution in [2.75, 3.05) is 7.11 Å². The van der Waals surface area contributed by atoms with Gasteiger partial charge < -0.3 is 4.74 Å². The normalized spacial score (nSPS) is 11.1. The number of nitrogens with zero attached hydrogens (tertiary/aromatic N) is 2. The molecule has 0 radical (unpaired) electrons. The minimum absolute atomic E-state index is 0.00499. The molecule has 0 aliphatic carbocycles. The zero-order valence-electron chi connectivity index (χ0n) is 16.2. The van der Waals surface area contributed by atoms with Gasteiger partial charge in [0.05, 0.1) is 19.3 Å². The van der Waals surface area contributed by atoms with Crippen LogP contribution in [0.5, 0.6) is 5.75 Å². The number of benzene rings is 2. The summed E-state index contributed by atoms with van der Waals surface area (Å²) in [6.45, 7) is 6.62. The number of hydrogen-bond donors (Lipinski definition) is 0. The fourth-order valence-electron chi connectivity index (χ4n) is 3.09. The van der Waals surface area contributed by atoms with Crippen molar-refractivity contribution in [3.05, 3.63) is 88.2 Å². The van der Waals surface area contributed by atoms with Gasteiger partial charge in [-0.1, -0.05) is 35.9 Å². The van der Waals surface area contributed by atoms with Gasteiger partial charge >= 0.3 is 0 Å². The number of aryl methyl sites for hydroxylation is 3. The Kier molecular flexibility index (Phi) is 5.55. The van der Waals surface area contributed by atoms with Gasteiger partial charge in [-0.15, -0.1) is 0 Å². The molecule has 0 saturated heterocycles. The van der Waals surface area contributed by atoms with Crippen LogP contribution in [-0.2, 0) is 6.54 Å². The van der Waals surface area contributed by atoms with Crippen LogP contribution in [0.25, 0.3) is 6.08 Å². The van der Waals surface area contributed by atoms with Crippen LogP contribution in [0.15, 0.2) is 54.6 Å². The zero-order chi connectivity index (χ0) is 19.4. The van der Waals surface area contributed by atoms with E-state index in [0.717, 1.165) is 33.8 Å². The molecule has 0 aliphatic heterocycles. The number of aromatic nitrogens is 2. The van der Waals surface area contributed by atoms with Crippen LogP contribution in [0, 0.1) is 20.8 Å². The monoisotopic (exact) mass is 360 g/mol. The average Bonchev–Trinajstić information content (AvgIpc) is 2.97. The summed E-state index contributed by atoms with van der Waals surface area (Å²) in [7, 11) is 1.66. The van der Waals surface area contributed by atoms with Crippen LogP contribution >= 0.6 is 0 Å². The number of allylic oxidation sites excluding steroid dienone is 1. The first-order valence-corrected chi connectivity index (χ1v) is 8.93. The molecular weight excluding hydrogens is 336 g/mol. The first kappa shape index (κ1) is 18.6. The summed E-state index contributed by atoms with van der Waals surface area (Å²) in [6.07, 6.45) is 3.46. The number of hydrogen-bond acceptors (Lipinski definition) is 3. The maximum Gasteiger partial charge on any atom is 0.185 e. The first-order valence-electron chi connectivity index (χ1n) is 8.93. The summed E-state index contributed by atoms with van der Waals surface area (Å²) in [5.74, 6) is 0.805. The summed E-state index contributed by atoms with van der Waals surface area (Å²) in [5.41, 5.74) is 5.84. The van der Waals surface area contributed by atoms with Crippen molar-refractivity contribution in [3.63, 3.8) is 0 Å². The summed E-state index contributed by atoms with van der Waals surface area (Å²) in [6, 6.07) is 15.6. The van der Waals surface area contributed by atoms with E-state index in [9.17, 15) is 4.79 Å². The highest BCUT2D eigenvalue weighted by Gasteiger charge is 2.08. The standard InChI is InChI=1S/C23H24N2O2/c1-16-6-5-7-20(12-16)22(26)10-8-19-9-11-23(27-4)21(14-19)15-25-18(3)13-17(2)24-25/h5-14H,15H2,1-4H3/b10-8+. The van der Waals surface area contributed by atoms with E-state index in [4.69, 9.17) is 4.74 Å². The van der Waals surface area contributed by atoms with E-state index in [-0.39, 0.29) is 5.78 Å². The van der Waals surface area contributed by atoms with E-state index in [0.29, 0.717) is 12.1 Å². The molecule has 3 rings (SSSR count). The lowest BCUT2D eigenvalue weighted by Crippen LogP contribution is -2.05. The SMILES string of the molecule is COc1ccc(/C=C/C(=O)c2cccc(C)c2)cc1Cn1nc(C)cc1C. The third-order valence-corrected chi connectivity index (χ3v) is 4.46. The van der Waals surface area contributed by atoms with Crippen molar-refractivity contribution in [1.29, 1.82) is 0 Å². The third-order valence-electron chi connectivity index (χ3n) is 4.46. The van der Waals surface area contributed by atoms with E-state index in [1.807, 2.05) is 74.0 Å². The molecule has 2 aromatic carbocycles. The lowest BCUT2D eigenvalue weighted by molar-refractivity contribution is 0.104. The van der Waals surface area contributed by atoms with Crippen LogP contribution in [0.2, 0.25) is 0 Å². The lowest BCUT2D eigenvalue weighted by Gasteiger charge is -2.11. The second-order valence-corrected chi connectivity index (χ2v) is 6.72. The minimum atomic E-state index is -0.00499. The molecule has 0 bridgehead atoms. The molecular formula is C23H24N2O2. The van der Waals surface area contributed by atoms with Gasteiger partial charge in [0.15, 0.2) is 5.78 Å². The van der Waals surface area contributed by atoms with Crippen molar-refractivity contribution in [1.82, 2.24) is 9.78 Å². The van der Waals surface area contributed by atoms with Gasteiger partial charge in [0, 0.05) is 16.8 Å². The molecule has 0 atom stereocenters. The van der Waals surface area contributed by atoms with E-state index < -0.39 is 0 Å². The van der Waals surface area contributed by atoms with Crippen LogP contribution < -0.4 is 4.74 Å². The van der Waals surface area contributed by atoms with Gasteiger partial charge in [0.2, 0.25) is 0 Å². The number of carbonyl (C=O) groups excluding carboxylic acids is 1. The molecule has 0 aliphatic rings. The van der Waals surface area contributed by atoms with E-state index in [2.05, 4.69) is 11.2 Å². The summed E-state index contributed by atoms with van der Waals surface area (Å²) < 4.78 is 7.45. The fourth-order valence-corrected chi connectivity index (χ4v) is 3.09. The smallest absolute Gasteiger partial charge is 0.185 e. The second kappa shape index (κ2) is 8.04. The van der Waals surface area contributed by atoms with Gasteiger partial charge in [0.25, 0.3) is 0 Å². The molecule has 1 heterocycles. The van der Waals surface area contributed by atoms with Gasteiger partial charge in [-0.05, 0) is 56.7 Å². The van der Waals surface area contributed by atoms with E-state index in [1.54, 1.807) is 13.2 Å². The molecule has 27 heavy (non-hydrogen) atoms. The summed E-state index contributed by atoms with van der Waals surface area (Å²) in [4.78, 5) is 12.4. The van der Waals surface area contributed by atoms with Crippen molar-refractivity contribution >= 4 is 11.9 Å². The van der Waals surface area contributed by atoms with Gasteiger partial charge in [-0.2, -0.15) is 5.10 Å². The Bertz CT molecular complexity index is 999. The highest BCUT2D eigenvalue weighted by molar-refractivity contribution is 6.06. The molecule has 0 unspecified atom stereocenters. The molecule has 4 nitrogen and oxygen atoms in total. The minimum Gasteiger partial charge on any atom is -0.496 e. The topological polar surface area (TPSA) is 44.1 Å². The highest BCUT2D eigenvalue weighted by Crippen LogP contribution is 2.22. The quantitative estimate of drug-likeness (QED) is 0.470. The van der Waals surface area contributed by atoms with Crippen molar-refractivity contribution in [3.8, 4) is 5.75 Å². The van der Waals surface area contributed by atoms with Crippen molar-refractivity contribution in [2.24, 2.45) is 0 Å². The third kappa shape index (κ3) is 4.53. The number of methoxy groups -OCH3 is 1. The lowest BCUT2D eigenvalue weighted by atomic mass is 10.1. The molecule has 0 N–H and O–H groups in total. The summed E-state index contributed by atoms with van der Waals surface area (Å²) in [5, 5.41) is 4.52. The predicted octanol–water partition coefficient (Wildman–Crippen LogP) is 4.76. The Balaban J connectivity index is 1.84. The van der Waals surface area contributed by atoms with E-state index in [1.165, 1.54) is 0 Å². The maximum atomic E-state index is 12.4. The number of rotatable bonds is 6.